The fourth-order valence-electron chi connectivity index (χ4n) is 2.88. The number of para-hydroxylation sites is 1. The van der Waals surface area contributed by atoms with Gasteiger partial charge in [-0.05, 0) is 23.4 Å². The lowest BCUT2D eigenvalue weighted by molar-refractivity contribution is 0.0480. The van der Waals surface area contributed by atoms with Gasteiger partial charge in [-0.3, -0.25) is 4.99 Å². The summed E-state index contributed by atoms with van der Waals surface area (Å²) in [6.45, 7) is 4.68. The maximum Gasteiger partial charge on any atom is 0.188 e. The Hall–Kier alpha value is -1.90. The highest BCUT2D eigenvalue weighted by molar-refractivity contribution is 7.48. The molecule has 5 heteroatoms. The van der Waals surface area contributed by atoms with Crippen LogP contribution in [-0.2, 0) is 9.89 Å². The first-order chi connectivity index (χ1) is 12.6. The van der Waals surface area contributed by atoms with E-state index in [0.29, 0.717) is 8.58 Å². The third kappa shape index (κ3) is 4.63. The minimum atomic E-state index is -0.0880. The maximum absolute atomic E-state index is 5.90. The van der Waals surface area contributed by atoms with Crippen molar-refractivity contribution in [1.82, 2.24) is 0 Å². The Morgan fingerprint density at radius 3 is 2.54 bits per heavy atom. The van der Waals surface area contributed by atoms with Crippen molar-refractivity contribution in [3.05, 3.63) is 53.6 Å². The highest BCUT2D eigenvalue weighted by atomic mass is 31.1. The summed E-state index contributed by atoms with van der Waals surface area (Å²) in [6, 6.07) is 14.5. The number of aliphatic imine (C=N–C) groups is 1. The van der Waals surface area contributed by atoms with E-state index >= 15 is 0 Å². The average molecular weight is 373 g/mol. The Morgan fingerprint density at radius 1 is 1.12 bits per heavy atom. The predicted octanol–water partition coefficient (Wildman–Crippen LogP) is 4.36. The van der Waals surface area contributed by atoms with Crippen LogP contribution < -0.4 is 14.8 Å². The van der Waals surface area contributed by atoms with E-state index in [1.54, 1.807) is 21.3 Å². The van der Waals surface area contributed by atoms with E-state index < -0.39 is 0 Å². The molecule has 0 amide bonds. The van der Waals surface area contributed by atoms with Crippen LogP contribution in [0.5, 0.6) is 11.5 Å². The molecule has 0 fully saturated rings. The van der Waals surface area contributed by atoms with Crippen molar-refractivity contribution >= 4 is 20.1 Å². The van der Waals surface area contributed by atoms with Crippen LogP contribution in [0.2, 0.25) is 0 Å². The summed E-state index contributed by atoms with van der Waals surface area (Å²) in [6.07, 6.45) is 2.89. The van der Waals surface area contributed by atoms with Crippen LogP contribution in [0, 0.1) is 0 Å². The van der Waals surface area contributed by atoms with Gasteiger partial charge in [0.1, 0.15) is 0 Å². The van der Waals surface area contributed by atoms with Crippen LogP contribution >= 0.6 is 8.58 Å². The van der Waals surface area contributed by atoms with Crippen LogP contribution in [-0.4, -0.2) is 34.3 Å². The monoisotopic (exact) mass is 373 g/mol. The zero-order valence-corrected chi connectivity index (χ0v) is 17.2. The maximum atomic E-state index is 5.90. The van der Waals surface area contributed by atoms with Gasteiger partial charge in [0, 0.05) is 31.1 Å². The average Bonchev–Trinajstić information content (AvgIpc) is 2.67. The summed E-state index contributed by atoms with van der Waals surface area (Å²) in [5.74, 6) is 1.49. The molecule has 0 aromatic heterocycles. The fourth-order valence-corrected chi connectivity index (χ4v) is 4.46. The summed E-state index contributed by atoms with van der Waals surface area (Å²) in [7, 11) is 5.65. The first-order valence-electron chi connectivity index (χ1n) is 8.68. The van der Waals surface area contributed by atoms with E-state index in [1.165, 1.54) is 5.30 Å². The SMILES string of the molecule is CCC(C)(Pc1ccccc1C=NC)c1cccc(OC)c1OCOC. The van der Waals surface area contributed by atoms with Crippen LogP contribution in [0.1, 0.15) is 31.4 Å². The second-order valence-corrected chi connectivity index (χ2v) is 8.07. The van der Waals surface area contributed by atoms with Gasteiger partial charge in [0.25, 0.3) is 0 Å². The van der Waals surface area contributed by atoms with Crippen molar-refractivity contribution < 1.29 is 14.2 Å². The molecule has 0 N–H and O–H groups in total. The van der Waals surface area contributed by atoms with Gasteiger partial charge in [0.15, 0.2) is 18.3 Å². The molecule has 2 aromatic rings. The van der Waals surface area contributed by atoms with Gasteiger partial charge in [0.05, 0.1) is 7.11 Å². The molecule has 0 spiro atoms. The lowest BCUT2D eigenvalue weighted by Gasteiger charge is -2.32. The number of rotatable bonds is 9. The van der Waals surface area contributed by atoms with E-state index in [9.17, 15) is 0 Å². The Labute approximate surface area is 158 Å². The molecule has 2 rings (SSSR count). The highest BCUT2D eigenvalue weighted by Gasteiger charge is 2.30. The Balaban J connectivity index is 2.49. The highest BCUT2D eigenvalue weighted by Crippen LogP contribution is 2.49. The van der Waals surface area contributed by atoms with E-state index in [-0.39, 0.29) is 11.9 Å². The minimum absolute atomic E-state index is 0.0880. The van der Waals surface area contributed by atoms with E-state index in [4.69, 9.17) is 14.2 Å². The fraction of sp³-hybridized carbons (Fsp3) is 0.381. The van der Waals surface area contributed by atoms with Crippen molar-refractivity contribution in [2.75, 3.05) is 28.1 Å². The summed E-state index contributed by atoms with van der Waals surface area (Å²) in [5, 5.41) is 1.21. The Morgan fingerprint density at radius 2 is 1.88 bits per heavy atom. The topological polar surface area (TPSA) is 40.0 Å². The number of hydrogen-bond acceptors (Lipinski definition) is 4. The van der Waals surface area contributed by atoms with Crippen LogP contribution in [0.15, 0.2) is 47.5 Å². The smallest absolute Gasteiger partial charge is 0.188 e. The quantitative estimate of drug-likeness (QED) is 0.373. The number of nitrogens with zero attached hydrogens (tertiary/aromatic N) is 1. The molecule has 0 saturated carbocycles. The van der Waals surface area contributed by atoms with E-state index in [0.717, 1.165) is 29.0 Å². The third-order valence-corrected chi connectivity index (χ3v) is 6.36. The first-order valence-corrected chi connectivity index (χ1v) is 9.68. The minimum Gasteiger partial charge on any atom is -0.493 e. The normalized spacial score (nSPS) is 14.0. The van der Waals surface area contributed by atoms with Gasteiger partial charge >= 0.3 is 0 Å². The van der Waals surface area contributed by atoms with Crippen molar-refractivity contribution in [1.29, 1.82) is 0 Å². The molecule has 0 radical (unpaired) electrons. The zero-order chi connectivity index (χ0) is 19.0. The van der Waals surface area contributed by atoms with Crippen LogP contribution in [0.25, 0.3) is 0 Å². The standard InChI is InChI=1S/C21H28NO3P/c1-6-21(2,26-19-13-8-7-10-16(19)14-22-3)17-11-9-12-18(24-5)20(17)25-15-23-4/h7-14,26H,6,15H2,1-5H3. The largest absolute Gasteiger partial charge is 0.493 e. The number of ether oxygens (including phenoxy) is 3. The number of hydrogen-bond donors (Lipinski definition) is 0. The summed E-state index contributed by atoms with van der Waals surface area (Å²) >= 11 is 0. The first kappa shape index (κ1) is 20.4. The van der Waals surface area contributed by atoms with Crippen molar-refractivity contribution in [2.24, 2.45) is 4.99 Å². The molecule has 0 aliphatic rings. The van der Waals surface area contributed by atoms with Crippen LogP contribution in [0.3, 0.4) is 0 Å². The molecule has 0 heterocycles. The molecule has 0 aliphatic heterocycles. The van der Waals surface area contributed by atoms with Gasteiger partial charge in [-0.15, -0.1) is 0 Å². The molecule has 0 bridgehead atoms. The summed E-state index contributed by atoms with van der Waals surface area (Å²) < 4.78 is 16.6. The molecule has 140 valence electrons. The second kappa shape index (κ2) is 9.70. The summed E-state index contributed by atoms with van der Waals surface area (Å²) in [5.41, 5.74) is 2.30. The molecule has 4 nitrogen and oxygen atoms in total. The zero-order valence-electron chi connectivity index (χ0n) is 16.2. The molecule has 2 aromatic carbocycles. The Bertz CT molecular complexity index is 748. The molecule has 26 heavy (non-hydrogen) atoms. The Kier molecular flexibility index (Phi) is 7.62. The van der Waals surface area contributed by atoms with Gasteiger partial charge in [-0.1, -0.05) is 58.8 Å². The predicted molar refractivity (Wildman–Crippen MR) is 111 cm³/mol. The lowest BCUT2D eigenvalue weighted by Crippen LogP contribution is -2.21. The van der Waals surface area contributed by atoms with Gasteiger partial charge < -0.3 is 14.2 Å². The van der Waals surface area contributed by atoms with Crippen molar-refractivity contribution in [3.63, 3.8) is 0 Å². The molecular formula is C21H28NO3P. The van der Waals surface area contributed by atoms with Crippen LogP contribution in [0.4, 0.5) is 0 Å². The number of benzene rings is 2. The molecule has 0 saturated heterocycles. The molecule has 2 atom stereocenters. The van der Waals surface area contributed by atoms with Gasteiger partial charge in [-0.2, -0.15) is 0 Å². The van der Waals surface area contributed by atoms with Gasteiger partial charge in [-0.25, -0.2) is 0 Å². The third-order valence-electron chi connectivity index (χ3n) is 4.46. The van der Waals surface area contributed by atoms with Gasteiger partial charge in [0.2, 0.25) is 0 Å². The lowest BCUT2D eigenvalue weighted by atomic mass is 9.96. The summed E-state index contributed by atoms with van der Waals surface area (Å²) in [4.78, 5) is 4.20. The van der Waals surface area contributed by atoms with E-state index in [2.05, 4.69) is 43.1 Å². The van der Waals surface area contributed by atoms with E-state index in [1.807, 2.05) is 24.4 Å². The van der Waals surface area contributed by atoms with Crippen molar-refractivity contribution in [3.8, 4) is 11.5 Å². The molecular weight excluding hydrogens is 345 g/mol. The van der Waals surface area contributed by atoms with Crippen molar-refractivity contribution in [2.45, 2.75) is 25.4 Å². The second-order valence-electron chi connectivity index (χ2n) is 6.17. The molecule has 0 aliphatic carbocycles. The number of methoxy groups -OCH3 is 2. The molecule has 2 unspecified atom stereocenters.